The van der Waals surface area contributed by atoms with Crippen molar-refractivity contribution in [3.63, 3.8) is 0 Å². The van der Waals surface area contributed by atoms with Gasteiger partial charge in [-0.05, 0) is 14.1 Å². The number of aromatic nitrogens is 2. The highest BCUT2D eigenvalue weighted by atomic mass is 32.1. The van der Waals surface area contributed by atoms with Gasteiger partial charge in [-0.2, -0.15) is 0 Å². The summed E-state index contributed by atoms with van der Waals surface area (Å²) in [5.41, 5.74) is 0. The molecule has 22 heavy (non-hydrogen) atoms. The predicted molar refractivity (Wildman–Crippen MR) is 87.0 cm³/mol. The molecule has 4 heterocycles. The van der Waals surface area contributed by atoms with Crippen molar-refractivity contribution in [1.82, 2.24) is 19.8 Å². The summed E-state index contributed by atoms with van der Waals surface area (Å²) in [5, 5.41) is 6.06. The lowest BCUT2D eigenvalue weighted by atomic mass is 9.74. The summed E-state index contributed by atoms with van der Waals surface area (Å²) in [7, 11) is 4.23. The van der Waals surface area contributed by atoms with Crippen LogP contribution in [0.15, 0.2) is 23.2 Å². The summed E-state index contributed by atoms with van der Waals surface area (Å²) >= 11 is 3.28. The second-order valence-corrected chi connectivity index (χ2v) is 7.98. The number of piperidine rings is 2. The highest BCUT2D eigenvalue weighted by Gasteiger charge is 2.52. The van der Waals surface area contributed by atoms with E-state index in [2.05, 4.69) is 33.9 Å². The van der Waals surface area contributed by atoms with Crippen LogP contribution in [0, 0.1) is 11.8 Å². The summed E-state index contributed by atoms with van der Waals surface area (Å²) < 4.78 is 0. The fraction of sp³-hybridized carbons (Fsp3) is 0.533. The molecule has 4 unspecified atom stereocenters. The van der Waals surface area contributed by atoms with Crippen LogP contribution in [0.1, 0.15) is 22.1 Å². The van der Waals surface area contributed by atoms with Crippen molar-refractivity contribution in [1.29, 1.82) is 0 Å². The molecule has 4 rings (SSSR count). The number of ketones is 1. The zero-order valence-electron chi connectivity index (χ0n) is 12.5. The zero-order valence-corrected chi connectivity index (χ0v) is 14.2. The normalized spacial score (nSPS) is 33.3. The second kappa shape index (κ2) is 5.49. The quantitative estimate of drug-likeness (QED) is 0.841. The molecule has 2 aromatic heterocycles. The van der Waals surface area contributed by atoms with E-state index in [9.17, 15) is 4.79 Å². The topological polar surface area (TPSA) is 49.3 Å². The third-order valence-corrected chi connectivity index (χ3v) is 6.49. The Hall–Kier alpha value is -1.15. The van der Waals surface area contributed by atoms with Crippen molar-refractivity contribution in [3.05, 3.63) is 33.2 Å². The Balaban J connectivity index is 1.80. The van der Waals surface area contributed by atoms with Gasteiger partial charge in [0, 0.05) is 36.2 Å². The van der Waals surface area contributed by atoms with E-state index in [1.165, 1.54) is 0 Å². The number of carbonyl (C=O) groups excluding carboxylic acids is 1. The molecule has 2 bridgehead atoms. The van der Waals surface area contributed by atoms with Crippen LogP contribution >= 0.6 is 22.7 Å². The van der Waals surface area contributed by atoms with E-state index in [0.717, 1.165) is 23.1 Å². The Morgan fingerprint density at radius 2 is 1.50 bits per heavy atom. The first kappa shape index (κ1) is 14.4. The van der Waals surface area contributed by atoms with Gasteiger partial charge < -0.3 is 4.90 Å². The monoisotopic (exact) mass is 334 g/mol. The van der Waals surface area contributed by atoms with Crippen molar-refractivity contribution >= 4 is 28.5 Å². The second-order valence-electron chi connectivity index (χ2n) is 6.13. The van der Waals surface area contributed by atoms with Gasteiger partial charge in [-0.1, -0.05) is 0 Å². The molecular formula is C15H18N4OS2. The van der Waals surface area contributed by atoms with Gasteiger partial charge >= 0.3 is 0 Å². The van der Waals surface area contributed by atoms with Gasteiger partial charge in [-0.25, -0.2) is 9.97 Å². The highest BCUT2D eigenvalue weighted by molar-refractivity contribution is 7.10. The largest absolute Gasteiger partial charge is 0.305 e. The zero-order chi connectivity index (χ0) is 15.3. The van der Waals surface area contributed by atoms with E-state index in [-0.39, 0.29) is 23.9 Å². The smallest absolute Gasteiger partial charge is 0.145 e. The van der Waals surface area contributed by atoms with Gasteiger partial charge in [-0.15, -0.1) is 22.7 Å². The summed E-state index contributed by atoms with van der Waals surface area (Å²) in [5.74, 6) is 0.406. The molecule has 0 N–H and O–H groups in total. The maximum absolute atomic E-state index is 13.0. The van der Waals surface area contributed by atoms with Crippen molar-refractivity contribution in [2.45, 2.75) is 12.1 Å². The molecule has 7 heteroatoms. The molecule has 2 fully saturated rings. The molecule has 4 atom stereocenters. The molecule has 0 aromatic carbocycles. The van der Waals surface area contributed by atoms with Gasteiger partial charge in [0.2, 0.25) is 0 Å². The van der Waals surface area contributed by atoms with Crippen molar-refractivity contribution in [2.75, 3.05) is 27.2 Å². The summed E-state index contributed by atoms with van der Waals surface area (Å²) in [6.07, 6.45) is 3.66. The first-order chi connectivity index (χ1) is 10.7. The lowest BCUT2D eigenvalue weighted by molar-refractivity contribution is -0.146. The summed E-state index contributed by atoms with van der Waals surface area (Å²) in [6.45, 7) is 1.63. The predicted octanol–water partition coefficient (Wildman–Crippen LogP) is 2.07. The van der Waals surface area contributed by atoms with Crippen LogP contribution in [0.25, 0.3) is 0 Å². The minimum atomic E-state index is 0.0103. The lowest BCUT2D eigenvalue weighted by Crippen LogP contribution is -2.58. The van der Waals surface area contributed by atoms with Gasteiger partial charge in [0.1, 0.15) is 15.8 Å². The molecule has 5 nitrogen and oxygen atoms in total. The van der Waals surface area contributed by atoms with Crippen LogP contribution < -0.4 is 0 Å². The van der Waals surface area contributed by atoms with E-state index >= 15 is 0 Å². The Bertz CT molecular complexity index is 603. The minimum Gasteiger partial charge on any atom is -0.305 e. The first-order valence-corrected chi connectivity index (χ1v) is 9.15. The van der Waals surface area contributed by atoms with Crippen molar-refractivity contribution in [3.8, 4) is 0 Å². The van der Waals surface area contributed by atoms with Crippen LogP contribution in [0.4, 0.5) is 0 Å². The fourth-order valence-electron chi connectivity index (χ4n) is 3.91. The number of rotatable bonds is 2. The molecule has 2 aliphatic heterocycles. The fourth-order valence-corrected chi connectivity index (χ4v) is 5.61. The minimum absolute atomic E-state index is 0.0103. The molecule has 116 valence electrons. The van der Waals surface area contributed by atoms with Gasteiger partial charge in [0.15, 0.2) is 0 Å². The molecule has 2 aromatic rings. The third-order valence-electron chi connectivity index (χ3n) is 4.80. The Labute approximate surface area is 137 Å². The molecule has 2 aliphatic rings. The summed E-state index contributed by atoms with van der Waals surface area (Å²) in [6, 6.07) is 0.112. The standard InChI is InChI=1S/C15H18N4OS2/c1-18-7-9-11(14-16-3-5-21-14)19(2)12(10(8-18)13(9)20)15-17-4-6-22-15/h3-6,9-12H,7-8H2,1-2H3. The van der Waals surface area contributed by atoms with E-state index in [1.807, 2.05) is 23.2 Å². The number of hydrogen-bond donors (Lipinski definition) is 0. The molecule has 2 saturated heterocycles. The number of hydrogen-bond acceptors (Lipinski definition) is 7. The highest BCUT2D eigenvalue weighted by Crippen LogP contribution is 2.48. The van der Waals surface area contributed by atoms with Crippen LogP contribution in [0.2, 0.25) is 0 Å². The number of nitrogens with zero attached hydrogens (tertiary/aromatic N) is 4. The number of Topliss-reactive ketones (excluding diaryl/α,β-unsaturated/α-hetero) is 1. The average Bonchev–Trinajstić information content (AvgIpc) is 3.15. The van der Waals surface area contributed by atoms with E-state index < -0.39 is 0 Å². The molecule has 0 aliphatic carbocycles. The average molecular weight is 334 g/mol. The molecular weight excluding hydrogens is 316 g/mol. The molecule has 0 saturated carbocycles. The van der Waals surface area contributed by atoms with Gasteiger partial charge in [-0.3, -0.25) is 9.69 Å². The van der Waals surface area contributed by atoms with E-state index in [1.54, 1.807) is 22.7 Å². The summed E-state index contributed by atoms with van der Waals surface area (Å²) in [4.78, 5) is 26.6. The Kier molecular flexibility index (Phi) is 3.60. The van der Waals surface area contributed by atoms with Crippen molar-refractivity contribution < 1.29 is 4.79 Å². The van der Waals surface area contributed by atoms with Gasteiger partial charge in [0.05, 0.1) is 23.9 Å². The van der Waals surface area contributed by atoms with Crippen molar-refractivity contribution in [2.24, 2.45) is 11.8 Å². The number of carbonyl (C=O) groups is 1. The lowest BCUT2D eigenvalue weighted by Gasteiger charge is -2.50. The molecule has 0 amide bonds. The maximum atomic E-state index is 13.0. The number of fused-ring (bicyclic) bond motifs is 2. The Morgan fingerprint density at radius 1 is 1.00 bits per heavy atom. The SMILES string of the molecule is CN1CC2C(=O)C(C1)C(c1nccs1)N(C)C2c1nccs1. The third kappa shape index (κ3) is 2.15. The molecule has 0 spiro atoms. The van der Waals surface area contributed by atoms with Crippen LogP contribution in [-0.4, -0.2) is 52.7 Å². The first-order valence-electron chi connectivity index (χ1n) is 7.40. The van der Waals surface area contributed by atoms with E-state index in [4.69, 9.17) is 0 Å². The van der Waals surface area contributed by atoms with Crippen LogP contribution in [-0.2, 0) is 4.79 Å². The van der Waals surface area contributed by atoms with Gasteiger partial charge in [0.25, 0.3) is 0 Å². The van der Waals surface area contributed by atoms with Crippen LogP contribution in [0.5, 0.6) is 0 Å². The number of thiazole rings is 2. The van der Waals surface area contributed by atoms with Crippen LogP contribution in [0.3, 0.4) is 0 Å². The number of likely N-dealkylation sites (tertiary alicyclic amines) is 2. The maximum Gasteiger partial charge on any atom is 0.145 e. The Morgan fingerprint density at radius 3 is 1.91 bits per heavy atom. The molecule has 0 radical (unpaired) electrons. The van der Waals surface area contributed by atoms with E-state index in [0.29, 0.717) is 5.78 Å².